The molecule has 6 heteroatoms. The van der Waals surface area contributed by atoms with Crippen molar-refractivity contribution in [2.24, 2.45) is 0 Å². The molecule has 0 bridgehead atoms. The highest BCUT2D eigenvalue weighted by Crippen LogP contribution is 2.28. The molecular weight excluding hydrogens is 384 g/mol. The lowest BCUT2D eigenvalue weighted by Gasteiger charge is -2.14. The van der Waals surface area contributed by atoms with Gasteiger partial charge in [0, 0.05) is 11.6 Å². The molecule has 0 unspecified atom stereocenters. The van der Waals surface area contributed by atoms with Crippen LogP contribution in [0.4, 0.5) is 0 Å². The summed E-state index contributed by atoms with van der Waals surface area (Å²) < 4.78 is 17.0. The van der Waals surface area contributed by atoms with Crippen LogP contribution in [-0.2, 0) is 13.2 Å². The van der Waals surface area contributed by atoms with E-state index in [1.807, 2.05) is 30.3 Å². The van der Waals surface area contributed by atoms with E-state index in [1.54, 1.807) is 24.3 Å². The number of ketones is 1. The van der Waals surface area contributed by atoms with Gasteiger partial charge >= 0.3 is 5.97 Å². The Morgan fingerprint density at radius 3 is 2.30 bits per heavy atom. The van der Waals surface area contributed by atoms with Gasteiger partial charge in [-0.25, -0.2) is 4.79 Å². The standard InChI is InChI=1S/C24H22O6/c1-16(25)21-11-10-20(13-23(21)30-14-17-6-4-3-5-7-17)29-15-19-9-8-18(24(26)27)12-22(19)28-2/h3-13H,14-15H2,1-2H3,(H,26,27). The number of rotatable bonds is 9. The summed E-state index contributed by atoms with van der Waals surface area (Å²) >= 11 is 0. The predicted octanol–water partition coefficient (Wildman–Crippen LogP) is 4.75. The summed E-state index contributed by atoms with van der Waals surface area (Å²) in [6.07, 6.45) is 0. The van der Waals surface area contributed by atoms with Crippen LogP contribution >= 0.6 is 0 Å². The topological polar surface area (TPSA) is 82.1 Å². The third kappa shape index (κ3) is 5.17. The van der Waals surface area contributed by atoms with E-state index in [2.05, 4.69) is 0 Å². The molecule has 0 aromatic heterocycles. The lowest BCUT2D eigenvalue weighted by molar-refractivity contribution is 0.0696. The van der Waals surface area contributed by atoms with Crippen molar-refractivity contribution < 1.29 is 28.9 Å². The Kier molecular flexibility index (Phi) is 6.70. The van der Waals surface area contributed by atoms with Gasteiger partial charge in [0.25, 0.3) is 0 Å². The second-order valence-corrected chi connectivity index (χ2v) is 6.61. The van der Waals surface area contributed by atoms with E-state index < -0.39 is 5.97 Å². The predicted molar refractivity (Wildman–Crippen MR) is 112 cm³/mol. The fourth-order valence-electron chi connectivity index (χ4n) is 2.90. The summed E-state index contributed by atoms with van der Waals surface area (Å²) in [5, 5.41) is 9.11. The molecule has 0 saturated heterocycles. The molecule has 3 aromatic rings. The first-order valence-electron chi connectivity index (χ1n) is 9.32. The Labute approximate surface area is 174 Å². The third-order valence-electron chi connectivity index (χ3n) is 4.50. The van der Waals surface area contributed by atoms with Crippen LogP contribution in [-0.4, -0.2) is 24.0 Å². The van der Waals surface area contributed by atoms with E-state index in [-0.39, 0.29) is 18.0 Å². The SMILES string of the molecule is COc1cc(C(=O)O)ccc1COc1ccc(C(C)=O)c(OCc2ccccc2)c1. The second-order valence-electron chi connectivity index (χ2n) is 6.61. The normalized spacial score (nSPS) is 10.3. The second kappa shape index (κ2) is 9.60. The maximum atomic E-state index is 12.0. The number of carbonyl (C=O) groups excluding carboxylic acids is 1. The highest BCUT2D eigenvalue weighted by molar-refractivity contribution is 5.97. The fourth-order valence-corrected chi connectivity index (χ4v) is 2.90. The van der Waals surface area contributed by atoms with Crippen LogP contribution in [0.15, 0.2) is 66.7 Å². The molecule has 0 atom stereocenters. The van der Waals surface area contributed by atoms with Crippen molar-refractivity contribution in [3.05, 3.63) is 89.0 Å². The molecule has 0 heterocycles. The van der Waals surface area contributed by atoms with Crippen LogP contribution < -0.4 is 14.2 Å². The fraction of sp³-hybridized carbons (Fsp3) is 0.167. The van der Waals surface area contributed by atoms with Crippen molar-refractivity contribution in [3.63, 3.8) is 0 Å². The number of hydrogen-bond acceptors (Lipinski definition) is 5. The summed E-state index contributed by atoms with van der Waals surface area (Å²) in [6, 6.07) is 19.3. The number of aromatic carboxylic acids is 1. The average Bonchev–Trinajstić information content (AvgIpc) is 2.76. The summed E-state index contributed by atoms with van der Waals surface area (Å²) in [5.41, 5.74) is 2.30. The molecule has 0 aliphatic heterocycles. The van der Waals surface area contributed by atoms with E-state index in [9.17, 15) is 9.59 Å². The van der Waals surface area contributed by atoms with Crippen molar-refractivity contribution >= 4 is 11.8 Å². The minimum Gasteiger partial charge on any atom is -0.496 e. The van der Waals surface area contributed by atoms with Crippen LogP contribution in [0, 0.1) is 0 Å². The number of hydrogen-bond donors (Lipinski definition) is 1. The van der Waals surface area contributed by atoms with E-state index in [0.717, 1.165) is 5.56 Å². The van der Waals surface area contributed by atoms with Gasteiger partial charge < -0.3 is 19.3 Å². The van der Waals surface area contributed by atoms with Crippen molar-refractivity contribution in [2.75, 3.05) is 7.11 Å². The number of carboxylic acids is 1. The first kappa shape index (κ1) is 20.9. The highest BCUT2D eigenvalue weighted by Gasteiger charge is 2.13. The Morgan fingerprint density at radius 2 is 1.63 bits per heavy atom. The summed E-state index contributed by atoms with van der Waals surface area (Å²) in [4.78, 5) is 23.1. The third-order valence-corrected chi connectivity index (χ3v) is 4.50. The zero-order chi connectivity index (χ0) is 21.5. The summed E-state index contributed by atoms with van der Waals surface area (Å²) in [5.74, 6) is 0.261. The molecule has 0 amide bonds. The smallest absolute Gasteiger partial charge is 0.335 e. The van der Waals surface area contributed by atoms with Crippen molar-refractivity contribution in [2.45, 2.75) is 20.1 Å². The minimum absolute atomic E-state index is 0.101. The van der Waals surface area contributed by atoms with E-state index in [1.165, 1.54) is 26.2 Å². The van der Waals surface area contributed by atoms with Gasteiger partial charge in [-0.3, -0.25) is 4.79 Å². The molecule has 0 saturated carbocycles. The van der Waals surface area contributed by atoms with Crippen LogP contribution in [0.1, 0.15) is 38.8 Å². The molecule has 0 aliphatic carbocycles. The van der Waals surface area contributed by atoms with Gasteiger partial charge in [0.2, 0.25) is 0 Å². The van der Waals surface area contributed by atoms with Crippen molar-refractivity contribution in [3.8, 4) is 17.2 Å². The van der Waals surface area contributed by atoms with Crippen molar-refractivity contribution in [1.82, 2.24) is 0 Å². The summed E-state index contributed by atoms with van der Waals surface area (Å²) in [7, 11) is 1.47. The Morgan fingerprint density at radius 1 is 0.867 bits per heavy atom. The number of benzene rings is 3. The maximum Gasteiger partial charge on any atom is 0.335 e. The van der Waals surface area contributed by atoms with Crippen LogP contribution in [0.3, 0.4) is 0 Å². The molecule has 0 spiro atoms. The van der Waals surface area contributed by atoms with Crippen LogP contribution in [0.2, 0.25) is 0 Å². The molecule has 6 nitrogen and oxygen atoms in total. The van der Waals surface area contributed by atoms with Gasteiger partial charge in [-0.15, -0.1) is 0 Å². The average molecular weight is 406 g/mol. The lowest BCUT2D eigenvalue weighted by atomic mass is 10.1. The lowest BCUT2D eigenvalue weighted by Crippen LogP contribution is -2.04. The quantitative estimate of drug-likeness (QED) is 0.516. The van der Waals surface area contributed by atoms with Gasteiger partial charge in [-0.1, -0.05) is 36.4 Å². The number of ether oxygens (including phenoxy) is 3. The molecule has 30 heavy (non-hydrogen) atoms. The maximum absolute atomic E-state index is 12.0. The molecule has 3 aromatic carbocycles. The summed E-state index contributed by atoms with van der Waals surface area (Å²) in [6.45, 7) is 1.98. The Hall–Kier alpha value is -3.80. The molecule has 0 radical (unpaired) electrons. The first-order chi connectivity index (χ1) is 14.5. The van der Waals surface area contributed by atoms with Crippen LogP contribution in [0.25, 0.3) is 0 Å². The first-order valence-corrected chi connectivity index (χ1v) is 9.32. The largest absolute Gasteiger partial charge is 0.496 e. The zero-order valence-electron chi connectivity index (χ0n) is 16.8. The molecule has 3 rings (SSSR count). The highest BCUT2D eigenvalue weighted by atomic mass is 16.5. The monoisotopic (exact) mass is 406 g/mol. The van der Waals surface area contributed by atoms with Gasteiger partial charge in [0.15, 0.2) is 5.78 Å². The number of methoxy groups -OCH3 is 1. The van der Waals surface area contributed by atoms with E-state index in [0.29, 0.717) is 35.0 Å². The minimum atomic E-state index is -1.03. The molecule has 0 aliphatic rings. The van der Waals surface area contributed by atoms with E-state index >= 15 is 0 Å². The van der Waals surface area contributed by atoms with Gasteiger partial charge in [-0.05, 0) is 36.8 Å². The number of carbonyl (C=O) groups is 2. The van der Waals surface area contributed by atoms with Crippen LogP contribution in [0.5, 0.6) is 17.2 Å². The molecule has 0 fully saturated rings. The van der Waals surface area contributed by atoms with Crippen molar-refractivity contribution in [1.29, 1.82) is 0 Å². The molecular formula is C24H22O6. The van der Waals surface area contributed by atoms with E-state index in [4.69, 9.17) is 19.3 Å². The molecule has 1 N–H and O–H groups in total. The van der Waals surface area contributed by atoms with Gasteiger partial charge in [0.1, 0.15) is 30.5 Å². The number of Topliss-reactive ketones (excluding diaryl/α,β-unsaturated/α-hetero) is 1. The Balaban J connectivity index is 1.76. The van der Waals surface area contributed by atoms with Gasteiger partial charge in [-0.2, -0.15) is 0 Å². The van der Waals surface area contributed by atoms with Gasteiger partial charge in [0.05, 0.1) is 18.2 Å². The Bertz CT molecular complexity index is 1040. The zero-order valence-corrected chi connectivity index (χ0v) is 16.8. The number of carboxylic acid groups (broad SMARTS) is 1. The molecule has 154 valence electrons.